The van der Waals surface area contributed by atoms with Gasteiger partial charge in [0.1, 0.15) is 30.9 Å². The van der Waals surface area contributed by atoms with Crippen LogP contribution in [0.15, 0.2) is 15.5 Å². The molecule has 17 nitrogen and oxygen atoms in total. The number of amides is 2. The molecule has 180 valence electrons. The van der Waals surface area contributed by atoms with E-state index >= 15 is 0 Å². The smallest absolute Gasteiger partial charge is 0.864 e. The predicted molar refractivity (Wildman–Crippen MR) is 105 cm³/mol. The van der Waals surface area contributed by atoms with Crippen LogP contribution in [-0.2, 0) is 39.1 Å². The number of nitrogens with zero attached hydrogens (tertiary/aromatic N) is 4. The second-order valence-electron chi connectivity index (χ2n) is 5.94. The normalized spacial score (nSPS) is 18.1. The number of nitrogens with two attached hydrogens (primary N) is 1. The van der Waals surface area contributed by atoms with E-state index in [2.05, 4.69) is 25.3 Å². The number of aliphatic imine (C=N–C) groups is 1. The van der Waals surface area contributed by atoms with Gasteiger partial charge in [-0.2, -0.15) is 8.42 Å². The quantitative estimate of drug-likeness (QED) is 0.0383. The number of aliphatic carboxylic acids is 1. The molecule has 1 aliphatic heterocycles. The van der Waals surface area contributed by atoms with Crippen LogP contribution in [0.4, 0.5) is 5.13 Å². The van der Waals surface area contributed by atoms with E-state index < -0.39 is 71.6 Å². The molecule has 0 bridgehead atoms. The van der Waals surface area contributed by atoms with E-state index in [1.165, 1.54) is 5.38 Å². The zero-order valence-corrected chi connectivity index (χ0v) is 21.9. The van der Waals surface area contributed by atoms with Crippen LogP contribution < -0.4 is 67.5 Å². The standard InChI is InChI=1S/C14H16N6O11S2.K/c15-14-17-6(4-32-14)10(19-31-3-8(22)23)12(25)18-11-7(2-30-9(24)1-16-5-21)20(13(11)26)33(27,28)29;/h4-5,7,11H,1-3H2,(H2,15,17)(H,16,21)(H,18,25)(H,22,23)(H,27,28,29);/q;+1/p-1/b19-10+;/t7-,11+;/m0./s1. The van der Waals surface area contributed by atoms with Gasteiger partial charge >= 0.3 is 73.6 Å². The number of nitrogens with one attached hydrogen (secondary N) is 1. The molecular formula is C14H15KN6O11S2. The van der Waals surface area contributed by atoms with Gasteiger partial charge in [-0.25, -0.2) is 14.1 Å². The summed E-state index contributed by atoms with van der Waals surface area (Å²) < 4.78 is 36.9. The maximum Gasteiger partial charge on any atom is 1.00 e. The number of oxime groups is 1. The second-order valence-corrected chi connectivity index (χ2v) is 8.12. The predicted octanol–water partition coefficient (Wildman–Crippen LogP) is -7.04. The van der Waals surface area contributed by atoms with Crippen molar-refractivity contribution in [3.05, 3.63) is 11.1 Å². The average molecular weight is 547 g/mol. The van der Waals surface area contributed by atoms with Gasteiger partial charge in [-0.1, -0.05) is 11.6 Å². The molecule has 2 heterocycles. The van der Waals surface area contributed by atoms with Gasteiger partial charge in [0.2, 0.25) is 6.61 Å². The van der Waals surface area contributed by atoms with E-state index in [1.807, 2.05) is 0 Å². The van der Waals surface area contributed by atoms with E-state index in [4.69, 9.17) is 15.6 Å². The first-order chi connectivity index (χ1) is 15.5. The minimum absolute atomic E-state index is 0. The fraction of sp³-hybridized carbons (Fsp3) is 0.357. The Morgan fingerprint density at radius 2 is 2.09 bits per heavy atom. The molecule has 20 heteroatoms. The van der Waals surface area contributed by atoms with Gasteiger partial charge in [0, 0.05) is 5.38 Å². The minimum atomic E-state index is -5.08. The van der Waals surface area contributed by atoms with E-state index in [-0.39, 0.29) is 72.9 Å². The zero-order chi connectivity index (χ0) is 24.8. The summed E-state index contributed by atoms with van der Waals surface area (Å²) in [6, 6.07) is -3.17. The van der Waals surface area contributed by atoms with Crippen molar-refractivity contribution >= 4 is 62.6 Å². The molecule has 1 aromatic heterocycles. The number of carbonyl (C=O) groups excluding carboxylic acids is 3. The molecular weight excluding hydrogens is 531 g/mol. The van der Waals surface area contributed by atoms with Gasteiger partial charge in [-0.3, -0.25) is 23.9 Å². The van der Waals surface area contributed by atoms with Crippen molar-refractivity contribution in [1.82, 2.24) is 14.6 Å². The first-order valence-corrected chi connectivity index (χ1v) is 10.7. The number of nitrogen functional groups attached to an aromatic ring is 1. The molecule has 0 unspecified atom stereocenters. The number of carboxylic acid groups (broad SMARTS) is 1. The number of hydrogen-bond donors (Lipinski definition) is 4. The van der Waals surface area contributed by atoms with Crippen LogP contribution in [-0.4, -0.2) is 95.1 Å². The van der Waals surface area contributed by atoms with Crippen molar-refractivity contribution in [2.45, 2.75) is 12.1 Å². The monoisotopic (exact) mass is 546 g/mol. The van der Waals surface area contributed by atoms with Crippen LogP contribution in [0.3, 0.4) is 0 Å². The van der Waals surface area contributed by atoms with Crippen molar-refractivity contribution in [2.75, 3.05) is 25.5 Å². The summed E-state index contributed by atoms with van der Waals surface area (Å²) in [5, 5.41) is 25.6. The summed E-state index contributed by atoms with van der Waals surface area (Å²) in [5.74, 6) is -4.87. The summed E-state index contributed by atoms with van der Waals surface area (Å²) >= 11 is 0.906. The van der Waals surface area contributed by atoms with E-state index in [9.17, 15) is 37.3 Å². The summed E-state index contributed by atoms with van der Waals surface area (Å²) in [6.07, 6.45) is 0.0835. The number of esters is 1. The molecule has 0 aromatic carbocycles. The first-order valence-electron chi connectivity index (χ1n) is 8.46. The third kappa shape index (κ3) is 7.94. The number of carboxylic acids is 1. The Balaban J connectivity index is 0.00000578. The summed E-state index contributed by atoms with van der Waals surface area (Å²) in [7, 11) is -5.08. The van der Waals surface area contributed by atoms with E-state index in [0.29, 0.717) is 0 Å². The summed E-state index contributed by atoms with van der Waals surface area (Å²) in [4.78, 5) is 58.4. The molecule has 34 heavy (non-hydrogen) atoms. The molecule has 1 aromatic rings. The van der Waals surface area contributed by atoms with Crippen LogP contribution >= 0.6 is 11.3 Å². The maximum atomic E-state index is 12.7. The van der Waals surface area contributed by atoms with Crippen molar-refractivity contribution in [2.24, 2.45) is 10.1 Å². The van der Waals surface area contributed by atoms with Gasteiger partial charge in [-0.05, 0) is 0 Å². The molecule has 1 fully saturated rings. The van der Waals surface area contributed by atoms with Crippen molar-refractivity contribution < 1.29 is 103 Å². The number of β-lactam (4-membered cyclic amide) rings is 1. The average Bonchev–Trinajstić information content (AvgIpc) is 3.14. The molecule has 0 saturated carbocycles. The van der Waals surface area contributed by atoms with Crippen molar-refractivity contribution in [3.63, 3.8) is 0 Å². The third-order valence-corrected chi connectivity index (χ3v) is 5.36. The Labute approximate surface area is 237 Å². The number of aromatic nitrogens is 1. The molecule has 0 radical (unpaired) electrons. The van der Waals surface area contributed by atoms with E-state index in [0.717, 1.165) is 11.3 Å². The Morgan fingerprint density at radius 1 is 1.41 bits per heavy atom. The number of carbonyl (C=O) groups is 4. The van der Waals surface area contributed by atoms with Crippen LogP contribution in [0, 0.1) is 0 Å². The molecule has 0 spiro atoms. The Hall–Kier alpha value is -2.20. The van der Waals surface area contributed by atoms with Crippen LogP contribution in [0.5, 0.6) is 0 Å². The van der Waals surface area contributed by atoms with Crippen molar-refractivity contribution in [3.8, 4) is 0 Å². The molecule has 2 atom stereocenters. The molecule has 2 rings (SSSR count). The zero-order valence-electron chi connectivity index (χ0n) is 17.2. The fourth-order valence-corrected chi connectivity index (χ4v) is 3.84. The number of rotatable bonds is 11. The SMILES string of the molecule is Nc1nc(/C(=N\OCC(=O)O)C(=O)N[C@H]2C(=O)N(S(=O)(=O)O)[C@H]2COC(=O)CN=C[O-])cs1.[K+]. The van der Waals surface area contributed by atoms with Gasteiger partial charge < -0.3 is 30.8 Å². The molecule has 1 aliphatic rings. The number of ether oxygens (including phenoxy) is 1. The second kappa shape index (κ2) is 13.0. The van der Waals surface area contributed by atoms with Gasteiger partial charge in [0.25, 0.3) is 11.8 Å². The molecule has 2 amide bonds. The number of thiazole rings is 1. The van der Waals surface area contributed by atoms with Crippen LogP contribution in [0.1, 0.15) is 5.69 Å². The van der Waals surface area contributed by atoms with E-state index in [1.54, 1.807) is 0 Å². The van der Waals surface area contributed by atoms with Gasteiger partial charge in [0.15, 0.2) is 10.8 Å². The number of hydrogen-bond acceptors (Lipinski definition) is 14. The molecule has 1 saturated heterocycles. The Bertz CT molecular complexity index is 1110. The Kier molecular flexibility index (Phi) is 11.4. The van der Waals surface area contributed by atoms with Gasteiger partial charge in [0.05, 0.1) is 0 Å². The first kappa shape index (κ1) is 29.8. The van der Waals surface area contributed by atoms with Gasteiger partial charge in [-0.15, -0.1) is 11.3 Å². The third-order valence-electron chi connectivity index (χ3n) is 3.74. The van der Waals surface area contributed by atoms with Crippen molar-refractivity contribution in [1.29, 1.82) is 0 Å². The molecule has 0 aliphatic carbocycles. The minimum Gasteiger partial charge on any atom is -0.864 e. The maximum absolute atomic E-state index is 12.7. The van der Waals surface area contributed by atoms with Crippen LogP contribution in [0.25, 0.3) is 0 Å². The Morgan fingerprint density at radius 3 is 2.62 bits per heavy atom. The number of anilines is 1. The topological polar surface area (TPSA) is 263 Å². The summed E-state index contributed by atoms with van der Waals surface area (Å²) in [6.45, 7) is -2.40. The van der Waals surface area contributed by atoms with Crippen LogP contribution in [0.2, 0.25) is 0 Å². The largest absolute Gasteiger partial charge is 1.00 e. The fourth-order valence-electron chi connectivity index (χ4n) is 2.42. The summed E-state index contributed by atoms with van der Waals surface area (Å²) in [5.41, 5.74) is 4.76. The molecule has 5 N–H and O–H groups in total.